The molecule has 0 saturated carbocycles. The summed E-state index contributed by atoms with van der Waals surface area (Å²) in [6.07, 6.45) is 13.3. The van der Waals surface area contributed by atoms with Crippen molar-refractivity contribution in [1.29, 1.82) is 0 Å². The highest BCUT2D eigenvalue weighted by molar-refractivity contribution is 7.51. The summed E-state index contributed by atoms with van der Waals surface area (Å²) < 4.78 is 10.7. The van der Waals surface area contributed by atoms with Gasteiger partial charge in [-0.25, -0.2) is 0 Å². The van der Waals surface area contributed by atoms with E-state index in [1.54, 1.807) is 0 Å². The second kappa shape index (κ2) is 11.8. The molecule has 0 spiro atoms. The quantitative estimate of drug-likeness (QED) is 0.379. The van der Waals surface area contributed by atoms with Gasteiger partial charge in [-0.05, 0) is 56.1 Å². The normalized spacial score (nSPS) is 11.8. The first-order valence-electron chi connectivity index (χ1n) is 8.95. The van der Waals surface area contributed by atoms with E-state index in [2.05, 4.69) is 31.2 Å². The third-order valence-electron chi connectivity index (χ3n) is 4.09. The molecule has 1 radical (unpaired) electrons. The van der Waals surface area contributed by atoms with Crippen molar-refractivity contribution in [2.24, 2.45) is 0 Å². The Morgan fingerprint density at radius 2 is 1.43 bits per heavy atom. The van der Waals surface area contributed by atoms with Crippen LogP contribution in [0.5, 0.6) is 0 Å². The maximum absolute atomic E-state index is 10.7. The summed E-state index contributed by atoms with van der Waals surface area (Å²) in [4.78, 5) is 17.5. The van der Waals surface area contributed by atoms with E-state index in [1.165, 1.54) is 49.7 Å². The Morgan fingerprint density at radius 1 is 0.870 bits per heavy atom. The molecule has 0 aliphatic carbocycles. The zero-order valence-corrected chi connectivity index (χ0v) is 15.3. The maximum atomic E-state index is 10.7. The molecule has 3 nitrogen and oxygen atoms in total. The summed E-state index contributed by atoms with van der Waals surface area (Å²) >= 11 is 0. The minimum absolute atomic E-state index is 0.0278. The summed E-state index contributed by atoms with van der Waals surface area (Å²) in [5.41, 5.74) is 2.78. The van der Waals surface area contributed by atoms with Crippen LogP contribution >= 0.6 is 7.60 Å². The molecule has 1 aromatic carbocycles. The minimum Gasteiger partial charge on any atom is -0.324 e. The third-order valence-corrected chi connectivity index (χ3v) is 4.93. The van der Waals surface area contributed by atoms with E-state index < -0.39 is 7.60 Å². The Labute approximate surface area is 141 Å². The number of hydrogen-bond acceptors (Lipinski definition) is 1. The molecule has 0 heterocycles. The Kier molecular flexibility index (Phi) is 10.5. The van der Waals surface area contributed by atoms with Crippen LogP contribution in [0.1, 0.15) is 69.4 Å². The minimum atomic E-state index is -3.83. The molecule has 0 amide bonds. The van der Waals surface area contributed by atoms with E-state index >= 15 is 0 Å². The smallest absolute Gasteiger partial charge is 0.324 e. The van der Waals surface area contributed by atoms with Gasteiger partial charge in [0.2, 0.25) is 0 Å². The van der Waals surface area contributed by atoms with E-state index in [1.807, 2.05) is 6.42 Å². The zero-order valence-electron chi connectivity index (χ0n) is 14.4. The van der Waals surface area contributed by atoms with E-state index in [4.69, 9.17) is 9.79 Å². The van der Waals surface area contributed by atoms with Crippen molar-refractivity contribution >= 4 is 7.60 Å². The first-order chi connectivity index (χ1) is 11.0. The first kappa shape index (κ1) is 20.4. The Morgan fingerprint density at radius 3 is 2.00 bits per heavy atom. The van der Waals surface area contributed by atoms with Crippen LogP contribution in [-0.4, -0.2) is 15.9 Å². The van der Waals surface area contributed by atoms with Gasteiger partial charge in [0.15, 0.2) is 0 Å². The number of aryl methyl sites for hydroxylation is 2. The molecule has 2 N–H and O–H groups in total. The van der Waals surface area contributed by atoms with Crippen molar-refractivity contribution in [1.82, 2.24) is 0 Å². The molecule has 0 aliphatic rings. The molecule has 0 fully saturated rings. The van der Waals surface area contributed by atoms with Crippen LogP contribution in [0.3, 0.4) is 0 Å². The molecule has 131 valence electrons. The van der Waals surface area contributed by atoms with Crippen LogP contribution in [-0.2, 0) is 17.4 Å². The second-order valence-corrected chi connectivity index (χ2v) is 8.12. The average Bonchev–Trinajstić information content (AvgIpc) is 2.51. The molecule has 1 rings (SSSR count). The molecule has 1 aromatic rings. The van der Waals surface area contributed by atoms with Crippen molar-refractivity contribution in [3.63, 3.8) is 0 Å². The predicted molar refractivity (Wildman–Crippen MR) is 97.7 cm³/mol. The fourth-order valence-electron chi connectivity index (χ4n) is 2.66. The molecule has 0 unspecified atom stereocenters. The lowest BCUT2D eigenvalue weighted by molar-refractivity contribution is 0.372. The van der Waals surface area contributed by atoms with Gasteiger partial charge < -0.3 is 9.79 Å². The first-order valence-corrected chi connectivity index (χ1v) is 10.7. The van der Waals surface area contributed by atoms with Crippen molar-refractivity contribution in [3.05, 3.63) is 41.8 Å². The van der Waals surface area contributed by atoms with Gasteiger partial charge in [-0.2, -0.15) is 0 Å². The topological polar surface area (TPSA) is 57.5 Å². The van der Waals surface area contributed by atoms with Crippen LogP contribution in [0.15, 0.2) is 24.3 Å². The van der Waals surface area contributed by atoms with Crippen molar-refractivity contribution in [2.45, 2.75) is 71.1 Å². The van der Waals surface area contributed by atoms with Crippen LogP contribution in [0.25, 0.3) is 0 Å². The Hall–Kier alpha value is -0.630. The highest BCUT2D eigenvalue weighted by Gasteiger charge is 2.11. The molecule has 4 heteroatoms. The number of benzene rings is 1. The van der Waals surface area contributed by atoms with E-state index in [0.717, 1.165) is 19.3 Å². The van der Waals surface area contributed by atoms with Gasteiger partial charge in [-0.1, -0.05) is 56.9 Å². The highest BCUT2D eigenvalue weighted by atomic mass is 31.2. The highest BCUT2D eigenvalue weighted by Crippen LogP contribution is 2.35. The molecule has 0 aromatic heterocycles. The molecule has 0 bridgehead atoms. The molecule has 0 saturated heterocycles. The number of rotatable bonds is 13. The van der Waals surface area contributed by atoms with Gasteiger partial charge in [0.05, 0.1) is 6.16 Å². The van der Waals surface area contributed by atoms with Gasteiger partial charge in [0.25, 0.3) is 0 Å². The lowest BCUT2D eigenvalue weighted by atomic mass is 10.0. The maximum Gasteiger partial charge on any atom is 0.325 e. The number of unbranched alkanes of at least 4 members (excludes halogenated alkanes) is 7. The monoisotopic (exact) mass is 339 g/mol. The van der Waals surface area contributed by atoms with Crippen molar-refractivity contribution in [2.75, 3.05) is 6.16 Å². The predicted octanol–water partition coefficient (Wildman–Crippen LogP) is 5.29. The Balaban J connectivity index is 2.10. The summed E-state index contributed by atoms with van der Waals surface area (Å²) in [5, 5.41) is 0. The molecule has 0 atom stereocenters. The van der Waals surface area contributed by atoms with Gasteiger partial charge in [-0.15, -0.1) is 0 Å². The second-order valence-electron chi connectivity index (χ2n) is 6.34. The molecule has 0 aliphatic heterocycles. The SMILES string of the molecule is CCCCCCCc1ccc(CCC[CH]CCP(=O)(O)O)cc1. The van der Waals surface area contributed by atoms with Crippen molar-refractivity contribution < 1.29 is 14.4 Å². The third kappa shape index (κ3) is 11.5. The fraction of sp³-hybridized carbons (Fsp3) is 0.632. The van der Waals surface area contributed by atoms with Gasteiger partial charge in [0.1, 0.15) is 0 Å². The molecule has 23 heavy (non-hydrogen) atoms. The van der Waals surface area contributed by atoms with Crippen molar-refractivity contribution in [3.8, 4) is 0 Å². The Bertz CT molecular complexity index is 450. The lowest BCUT2D eigenvalue weighted by Gasteiger charge is -2.05. The standard InChI is InChI=1S/C19H32O3P/c1-2-3-4-5-8-11-18-13-15-19(16-14-18)12-9-6-7-10-17-23(20,21)22/h7,13-16H,2-6,8-12,17H2,1H3,(H2,20,21,22). The van der Waals surface area contributed by atoms with E-state index in [9.17, 15) is 4.57 Å². The lowest BCUT2D eigenvalue weighted by Crippen LogP contribution is -1.91. The fourth-order valence-corrected chi connectivity index (χ4v) is 3.18. The molecular weight excluding hydrogens is 307 g/mol. The summed E-state index contributed by atoms with van der Waals surface area (Å²) in [6.45, 7) is 2.24. The van der Waals surface area contributed by atoms with Gasteiger partial charge in [-0.3, -0.25) is 4.57 Å². The van der Waals surface area contributed by atoms with Crippen LogP contribution < -0.4 is 0 Å². The summed E-state index contributed by atoms with van der Waals surface area (Å²) in [7, 11) is -3.83. The van der Waals surface area contributed by atoms with Crippen LogP contribution in [0, 0.1) is 6.42 Å². The average molecular weight is 339 g/mol. The summed E-state index contributed by atoms with van der Waals surface area (Å²) in [6, 6.07) is 8.92. The zero-order chi connectivity index (χ0) is 17.0. The largest absolute Gasteiger partial charge is 0.325 e. The molecular formula is C19H32O3P. The van der Waals surface area contributed by atoms with Gasteiger partial charge >= 0.3 is 7.60 Å². The van der Waals surface area contributed by atoms with E-state index in [-0.39, 0.29) is 6.16 Å². The van der Waals surface area contributed by atoms with Crippen LogP contribution in [0.4, 0.5) is 0 Å². The van der Waals surface area contributed by atoms with E-state index in [0.29, 0.717) is 6.42 Å². The number of hydrogen-bond donors (Lipinski definition) is 2. The summed E-state index contributed by atoms with van der Waals surface area (Å²) in [5.74, 6) is 0. The van der Waals surface area contributed by atoms with Crippen LogP contribution in [0.2, 0.25) is 0 Å². The van der Waals surface area contributed by atoms with Gasteiger partial charge in [0, 0.05) is 0 Å².